The first-order chi connectivity index (χ1) is 8.04. The average Bonchev–Trinajstić information content (AvgIpc) is 2.29. The van der Waals surface area contributed by atoms with Gasteiger partial charge in [0, 0.05) is 5.92 Å². The quantitative estimate of drug-likeness (QED) is 0.768. The summed E-state index contributed by atoms with van der Waals surface area (Å²) in [6.45, 7) is 5.92. The van der Waals surface area contributed by atoms with Crippen LogP contribution in [-0.4, -0.2) is 11.0 Å². The topological polar surface area (TPSA) is 49.3 Å². The number of anilines is 1. The maximum atomic E-state index is 11.8. The van der Waals surface area contributed by atoms with Crippen molar-refractivity contribution in [3.05, 3.63) is 23.8 Å². The van der Waals surface area contributed by atoms with Gasteiger partial charge in [-0.25, -0.2) is 0 Å². The molecule has 0 heterocycles. The molecule has 1 atom stereocenters. The molecule has 94 valence electrons. The first-order valence-corrected chi connectivity index (χ1v) is 6.15. The first kappa shape index (κ1) is 13.6. The molecule has 0 radical (unpaired) electrons. The third-order valence-corrected chi connectivity index (χ3v) is 2.85. The highest BCUT2D eigenvalue weighted by Crippen LogP contribution is 2.24. The minimum absolute atomic E-state index is 0.0179. The molecule has 0 bridgehead atoms. The van der Waals surface area contributed by atoms with Crippen molar-refractivity contribution >= 4 is 11.6 Å². The number of phenols is 1. The van der Waals surface area contributed by atoms with Crippen molar-refractivity contribution < 1.29 is 9.90 Å². The number of unbranched alkanes of at least 4 members (excludes halogenated alkanes) is 1. The van der Waals surface area contributed by atoms with Crippen molar-refractivity contribution in [2.75, 3.05) is 5.32 Å². The zero-order chi connectivity index (χ0) is 12.8. The van der Waals surface area contributed by atoms with Gasteiger partial charge in [-0.3, -0.25) is 4.79 Å². The summed E-state index contributed by atoms with van der Waals surface area (Å²) < 4.78 is 0. The maximum absolute atomic E-state index is 11.8. The van der Waals surface area contributed by atoms with E-state index in [0.29, 0.717) is 5.69 Å². The summed E-state index contributed by atoms with van der Waals surface area (Å²) in [4.78, 5) is 11.8. The molecule has 0 fully saturated rings. The summed E-state index contributed by atoms with van der Waals surface area (Å²) in [6, 6.07) is 5.24. The van der Waals surface area contributed by atoms with E-state index in [0.717, 1.165) is 24.8 Å². The number of carbonyl (C=O) groups is 1. The molecule has 3 nitrogen and oxygen atoms in total. The number of nitrogens with one attached hydrogen (secondary N) is 1. The van der Waals surface area contributed by atoms with Crippen LogP contribution in [0.1, 0.15) is 38.7 Å². The van der Waals surface area contributed by atoms with Crippen LogP contribution in [-0.2, 0) is 4.79 Å². The third-order valence-electron chi connectivity index (χ3n) is 2.85. The highest BCUT2D eigenvalue weighted by Gasteiger charge is 2.13. The van der Waals surface area contributed by atoms with E-state index in [-0.39, 0.29) is 17.6 Å². The predicted molar refractivity (Wildman–Crippen MR) is 70.2 cm³/mol. The second-order valence-corrected chi connectivity index (χ2v) is 4.55. The van der Waals surface area contributed by atoms with Crippen LogP contribution < -0.4 is 5.32 Å². The molecule has 0 aliphatic carbocycles. The maximum Gasteiger partial charge on any atom is 0.227 e. The molecule has 1 aromatic carbocycles. The van der Waals surface area contributed by atoms with E-state index < -0.39 is 0 Å². The van der Waals surface area contributed by atoms with Gasteiger partial charge in [0.1, 0.15) is 5.75 Å². The number of carbonyl (C=O) groups excluding carboxylic acids is 1. The second-order valence-electron chi connectivity index (χ2n) is 4.55. The second kappa shape index (κ2) is 6.28. The van der Waals surface area contributed by atoms with Crippen molar-refractivity contribution in [3.8, 4) is 5.75 Å². The monoisotopic (exact) mass is 235 g/mol. The molecule has 1 aromatic rings. The van der Waals surface area contributed by atoms with Gasteiger partial charge in [0.05, 0.1) is 5.69 Å². The Balaban J connectivity index is 2.61. The molecule has 1 amide bonds. The van der Waals surface area contributed by atoms with E-state index >= 15 is 0 Å². The molecule has 0 aromatic heterocycles. The number of benzene rings is 1. The van der Waals surface area contributed by atoms with Crippen LogP contribution in [0, 0.1) is 12.8 Å². The fourth-order valence-electron chi connectivity index (χ4n) is 1.64. The summed E-state index contributed by atoms with van der Waals surface area (Å²) in [6.07, 6.45) is 3.02. The summed E-state index contributed by atoms with van der Waals surface area (Å²) in [5, 5.41) is 12.4. The molecule has 0 spiro atoms. The van der Waals surface area contributed by atoms with Crippen molar-refractivity contribution in [2.24, 2.45) is 5.92 Å². The molecule has 0 aliphatic heterocycles. The van der Waals surface area contributed by atoms with Crippen LogP contribution in [0.4, 0.5) is 5.69 Å². The van der Waals surface area contributed by atoms with Crippen molar-refractivity contribution in [1.82, 2.24) is 0 Å². The third kappa shape index (κ3) is 4.10. The highest BCUT2D eigenvalue weighted by molar-refractivity contribution is 5.93. The number of rotatable bonds is 5. The van der Waals surface area contributed by atoms with Crippen LogP contribution >= 0.6 is 0 Å². The number of phenolic OH excluding ortho intramolecular Hbond substituents is 1. The lowest BCUT2D eigenvalue weighted by Crippen LogP contribution is -2.20. The summed E-state index contributed by atoms with van der Waals surface area (Å²) in [5.74, 6) is 0.0781. The lowest BCUT2D eigenvalue weighted by molar-refractivity contribution is -0.119. The molecular weight excluding hydrogens is 214 g/mol. The van der Waals surface area contributed by atoms with Crippen LogP contribution in [0.3, 0.4) is 0 Å². The number of hydrogen-bond donors (Lipinski definition) is 2. The van der Waals surface area contributed by atoms with Crippen LogP contribution in [0.25, 0.3) is 0 Å². The van der Waals surface area contributed by atoms with E-state index in [1.807, 2.05) is 19.9 Å². The van der Waals surface area contributed by atoms with Gasteiger partial charge in [0.2, 0.25) is 5.91 Å². The Morgan fingerprint density at radius 1 is 1.47 bits per heavy atom. The summed E-state index contributed by atoms with van der Waals surface area (Å²) in [5.41, 5.74) is 1.46. The number of aryl methyl sites for hydroxylation is 1. The molecule has 0 saturated heterocycles. The molecule has 3 heteroatoms. The zero-order valence-corrected chi connectivity index (χ0v) is 10.8. The average molecular weight is 235 g/mol. The normalized spacial score (nSPS) is 12.2. The van der Waals surface area contributed by atoms with Gasteiger partial charge < -0.3 is 10.4 Å². The minimum atomic E-state index is -0.0300. The Hall–Kier alpha value is -1.51. The largest absolute Gasteiger partial charge is 0.506 e. The zero-order valence-electron chi connectivity index (χ0n) is 10.8. The van der Waals surface area contributed by atoms with E-state index in [2.05, 4.69) is 12.2 Å². The van der Waals surface area contributed by atoms with Crippen LogP contribution in [0.5, 0.6) is 5.75 Å². The van der Waals surface area contributed by atoms with Gasteiger partial charge in [-0.1, -0.05) is 32.8 Å². The standard InChI is InChI=1S/C14H21NO2/c1-4-5-6-11(3)14(17)15-12-8-7-10(2)9-13(12)16/h7-9,11,16H,4-6H2,1-3H3,(H,15,17). The van der Waals surface area contributed by atoms with Crippen molar-refractivity contribution in [3.63, 3.8) is 0 Å². The van der Waals surface area contributed by atoms with E-state index in [1.165, 1.54) is 0 Å². The van der Waals surface area contributed by atoms with E-state index in [4.69, 9.17) is 0 Å². The van der Waals surface area contributed by atoms with Crippen LogP contribution in [0.15, 0.2) is 18.2 Å². The Labute approximate surface area is 103 Å². The van der Waals surface area contributed by atoms with Gasteiger partial charge in [-0.2, -0.15) is 0 Å². The Kier molecular flexibility index (Phi) is 5.01. The van der Waals surface area contributed by atoms with Gasteiger partial charge in [-0.15, -0.1) is 0 Å². The van der Waals surface area contributed by atoms with E-state index in [9.17, 15) is 9.90 Å². The van der Waals surface area contributed by atoms with Crippen LogP contribution in [0.2, 0.25) is 0 Å². The predicted octanol–water partition coefficient (Wildman–Crippen LogP) is 3.47. The molecular formula is C14H21NO2. The van der Waals surface area contributed by atoms with Gasteiger partial charge >= 0.3 is 0 Å². The molecule has 0 saturated carbocycles. The Morgan fingerprint density at radius 3 is 2.76 bits per heavy atom. The molecule has 1 unspecified atom stereocenters. The smallest absolute Gasteiger partial charge is 0.227 e. The highest BCUT2D eigenvalue weighted by atomic mass is 16.3. The van der Waals surface area contributed by atoms with Gasteiger partial charge in [0.15, 0.2) is 0 Å². The van der Waals surface area contributed by atoms with Crippen molar-refractivity contribution in [2.45, 2.75) is 40.0 Å². The minimum Gasteiger partial charge on any atom is -0.506 e. The van der Waals surface area contributed by atoms with Gasteiger partial charge in [0.25, 0.3) is 0 Å². The fraction of sp³-hybridized carbons (Fsp3) is 0.500. The number of aromatic hydroxyl groups is 1. The van der Waals surface area contributed by atoms with Crippen molar-refractivity contribution in [1.29, 1.82) is 0 Å². The Bertz CT molecular complexity index is 388. The van der Waals surface area contributed by atoms with Gasteiger partial charge in [-0.05, 0) is 31.0 Å². The lowest BCUT2D eigenvalue weighted by atomic mass is 10.0. The molecule has 17 heavy (non-hydrogen) atoms. The molecule has 2 N–H and O–H groups in total. The lowest BCUT2D eigenvalue weighted by Gasteiger charge is -2.12. The fourth-order valence-corrected chi connectivity index (χ4v) is 1.64. The Morgan fingerprint density at radius 2 is 2.18 bits per heavy atom. The molecule has 0 aliphatic rings. The molecule has 1 rings (SSSR count). The summed E-state index contributed by atoms with van der Waals surface area (Å²) >= 11 is 0. The summed E-state index contributed by atoms with van der Waals surface area (Å²) in [7, 11) is 0. The number of hydrogen-bond acceptors (Lipinski definition) is 2. The first-order valence-electron chi connectivity index (χ1n) is 6.15. The number of amides is 1. The SMILES string of the molecule is CCCCC(C)C(=O)Nc1ccc(C)cc1O. The van der Waals surface area contributed by atoms with E-state index in [1.54, 1.807) is 12.1 Å².